The fourth-order valence-corrected chi connectivity index (χ4v) is 4.47. The summed E-state index contributed by atoms with van der Waals surface area (Å²) < 4.78 is 2.98. The average Bonchev–Trinajstić information content (AvgIpc) is 2.93. The minimum Gasteiger partial charge on any atom is -0.359 e. The van der Waals surface area contributed by atoms with Crippen molar-refractivity contribution in [2.45, 2.75) is 13.5 Å². The third-order valence-electron chi connectivity index (χ3n) is 5.07. The van der Waals surface area contributed by atoms with Gasteiger partial charge in [-0.05, 0) is 47.1 Å². The highest BCUT2D eigenvalue weighted by Crippen LogP contribution is 2.31. The number of para-hydroxylation sites is 1. The number of fused-ring (bicyclic) bond motifs is 1. The second-order valence-electron chi connectivity index (χ2n) is 6.99. The van der Waals surface area contributed by atoms with Crippen LogP contribution in [-0.2, 0) is 16.1 Å². The summed E-state index contributed by atoms with van der Waals surface area (Å²) in [5.41, 5.74) is 3.41. The largest absolute Gasteiger partial charge is 0.359 e. The molecule has 1 aliphatic heterocycles. The van der Waals surface area contributed by atoms with Gasteiger partial charge in [0, 0.05) is 39.8 Å². The molecule has 2 amide bonds. The zero-order valence-corrected chi connectivity index (χ0v) is 18.2. The molecule has 0 saturated carbocycles. The van der Waals surface area contributed by atoms with Gasteiger partial charge in [0.05, 0.1) is 17.3 Å². The van der Waals surface area contributed by atoms with E-state index in [4.69, 9.17) is 11.6 Å². The molecule has 0 bridgehead atoms. The predicted octanol–water partition coefficient (Wildman–Crippen LogP) is 3.94. The molecule has 1 aliphatic rings. The Kier molecular flexibility index (Phi) is 5.52. The molecular weight excluding hydrogens is 456 g/mol. The predicted molar refractivity (Wildman–Crippen MR) is 120 cm³/mol. The van der Waals surface area contributed by atoms with Crippen LogP contribution in [0.1, 0.15) is 5.69 Å². The van der Waals surface area contributed by atoms with E-state index in [1.165, 1.54) is 0 Å². The Hall–Kier alpha value is -2.51. The summed E-state index contributed by atoms with van der Waals surface area (Å²) in [5, 5.41) is 7.29. The molecule has 0 unspecified atom stereocenters. The molecule has 2 N–H and O–H groups in total. The van der Waals surface area contributed by atoms with Crippen molar-refractivity contribution >= 4 is 61.6 Å². The second-order valence-corrected chi connectivity index (χ2v) is 8.19. The monoisotopic (exact) mass is 474 g/mol. The van der Waals surface area contributed by atoms with E-state index in [0.29, 0.717) is 23.8 Å². The molecule has 0 atom stereocenters. The number of rotatable bonds is 4. The standard InChI is InChI=1S/C21H20BrClN4O2/c1-13-21(22)15-4-2-3-5-17(15)27(13)12-20(29)25-14-6-7-18(16(23)10-14)26-9-8-24-19(28)11-26/h2-7,10H,8-9,11-12H2,1H3,(H,24,28)(H,25,29). The van der Waals surface area contributed by atoms with Crippen molar-refractivity contribution in [3.05, 3.63) is 57.7 Å². The number of piperazine rings is 1. The maximum atomic E-state index is 12.7. The third-order valence-corrected chi connectivity index (χ3v) is 6.37. The molecule has 0 aliphatic carbocycles. The molecule has 0 spiro atoms. The van der Waals surface area contributed by atoms with Crippen molar-refractivity contribution in [2.24, 2.45) is 0 Å². The summed E-state index contributed by atoms with van der Waals surface area (Å²) in [7, 11) is 0. The Morgan fingerprint density at radius 2 is 2.07 bits per heavy atom. The number of aromatic nitrogens is 1. The van der Waals surface area contributed by atoms with E-state index in [-0.39, 0.29) is 24.9 Å². The number of nitrogens with zero attached hydrogens (tertiary/aromatic N) is 2. The fourth-order valence-electron chi connectivity index (χ4n) is 3.62. The Labute approximate surface area is 181 Å². The Balaban J connectivity index is 1.50. The SMILES string of the molecule is Cc1c(Br)c2ccccc2n1CC(=O)Nc1ccc(N2CCNC(=O)C2)c(Cl)c1. The van der Waals surface area contributed by atoms with Gasteiger partial charge in [-0.1, -0.05) is 29.8 Å². The van der Waals surface area contributed by atoms with Crippen LogP contribution < -0.4 is 15.5 Å². The van der Waals surface area contributed by atoms with E-state index in [2.05, 4.69) is 26.6 Å². The lowest BCUT2D eigenvalue weighted by atomic mass is 10.2. The smallest absolute Gasteiger partial charge is 0.244 e. The molecule has 150 valence electrons. The molecule has 1 aromatic heterocycles. The summed E-state index contributed by atoms with van der Waals surface area (Å²) in [6, 6.07) is 13.3. The molecule has 1 fully saturated rings. The lowest BCUT2D eigenvalue weighted by Gasteiger charge is -2.29. The van der Waals surface area contributed by atoms with Crippen molar-refractivity contribution in [1.82, 2.24) is 9.88 Å². The summed E-state index contributed by atoms with van der Waals surface area (Å²) in [5.74, 6) is -0.160. The van der Waals surface area contributed by atoms with Gasteiger partial charge in [0.2, 0.25) is 11.8 Å². The Bertz CT molecular complexity index is 1110. The number of hydrogen-bond donors (Lipinski definition) is 2. The number of nitrogens with one attached hydrogen (secondary N) is 2. The third kappa shape index (κ3) is 3.97. The lowest BCUT2D eigenvalue weighted by Crippen LogP contribution is -2.47. The van der Waals surface area contributed by atoms with E-state index >= 15 is 0 Å². The minimum absolute atomic E-state index is 0.0230. The summed E-state index contributed by atoms with van der Waals surface area (Å²) in [6.07, 6.45) is 0. The van der Waals surface area contributed by atoms with Gasteiger partial charge in [-0.25, -0.2) is 0 Å². The van der Waals surface area contributed by atoms with E-state index in [0.717, 1.165) is 26.8 Å². The number of hydrogen-bond acceptors (Lipinski definition) is 3. The minimum atomic E-state index is -0.137. The fraction of sp³-hybridized carbons (Fsp3) is 0.238. The molecule has 2 aromatic carbocycles. The first-order valence-corrected chi connectivity index (χ1v) is 10.5. The van der Waals surface area contributed by atoms with Gasteiger partial charge < -0.3 is 20.1 Å². The maximum Gasteiger partial charge on any atom is 0.244 e. The molecule has 8 heteroatoms. The van der Waals surface area contributed by atoms with Gasteiger partial charge in [0.1, 0.15) is 6.54 Å². The Morgan fingerprint density at radius 1 is 1.28 bits per heavy atom. The highest BCUT2D eigenvalue weighted by Gasteiger charge is 2.19. The van der Waals surface area contributed by atoms with Crippen molar-refractivity contribution < 1.29 is 9.59 Å². The summed E-state index contributed by atoms with van der Waals surface area (Å²) in [6.45, 7) is 3.75. The van der Waals surface area contributed by atoms with Crippen LogP contribution in [0.3, 0.4) is 0 Å². The number of carbonyl (C=O) groups excluding carboxylic acids is 2. The quantitative estimate of drug-likeness (QED) is 0.601. The second kappa shape index (κ2) is 8.08. The van der Waals surface area contributed by atoms with Crippen molar-refractivity contribution in [2.75, 3.05) is 29.9 Å². The first-order valence-electron chi connectivity index (χ1n) is 9.28. The Morgan fingerprint density at radius 3 is 2.83 bits per heavy atom. The number of benzene rings is 2. The van der Waals surface area contributed by atoms with Crippen LogP contribution in [-0.4, -0.2) is 36.0 Å². The first-order chi connectivity index (χ1) is 13.9. The van der Waals surface area contributed by atoms with Gasteiger partial charge in [0.15, 0.2) is 0 Å². The van der Waals surface area contributed by atoms with Crippen LogP contribution in [0.25, 0.3) is 10.9 Å². The van der Waals surface area contributed by atoms with Gasteiger partial charge in [-0.15, -0.1) is 0 Å². The molecule has 3 aromatic rings. The summed E-state index contributed by atoms with van der Waals surface area (Å²) >= 11 is 10.0. The number of halogens is 2. The number of carbonyl (C=O) groups is 2. The van der Waals surface area contributed by atoms with Gasteiger partial charge in [-0.2, -0.15) is 0 Å². The van der Waals surface area contributed by atoms with E-state index < -0.39 is 0 Å². The number of anilines is 2. The van der Waals surface area contributed by atoms with E-state index in [1.54, 1.807) is 6.07 Å². The maximum absolute atomic E-state index is 12.7. The van der Waals surface area contributed by atoms with Crippen LogP contribution in [0.5, 0.6) is 0 Å². The molecule has 2 heterocycles. The zero-order valence-electron chi connectivity index (χ0n) is 15.8. The highest BCUT2D eigenvalue weighted by molar-refractivity contribution is 9.10. The lowest BCUT2D eigenvalue weighted by molar-refractivity contribution is -0.120. The normalized spacial score (nSPS) is 14.2. The van der Waals surface area contributed by atoms with Crippen LogP contribution >= 0.6 is 27.5 Å². The van der Waals surface area contributed by atoms with Crippen molar-refractivity contribution in [3.8, 4) is 0 Å². The van der Waals surface area contributed by atoms with Crippen molar-refractivity contribution in [3.63, 3.8) is 0 Å². The molecular formula is C21H20BrClN4O2. The van der Waals surface area contributed by atoms with Crippen LogP contribution in [0, 0.1) is 6.92 Å². The molecule has 6 nitrogen and oxygen atoms in total. The van der Waals surface area contributed by atoms with E-state index in [9.17, 15) is 9.59 Å². The molecule has 4 rings (SSSR count). The number of amides is 2. The van der Waals surface area contributed by atoms with Gasteiger partial charge in [0.25, 0.3) is 0 Å². The van der Waals surface area contributed by atoms with Gasteiger partial charge in [-0.3, -0.25) is 9.59 Å². The summed E-state index contributed by atoms with van der Waals surface area (Å²) in [4.78, 5) is 26.2. The van der Waals surface area contributed by atoms with Crippen molar-refractivity contribution in [1.29, 1.82) is 0 Å². The topological polar surface area (TPSA) is 66.4 Å². The molecule has 0 radical (unpaired) electrons. The first kappa shape index (κ1) is 19.8. The highest BCUT2D eigenvalue weighted by atomic mass is 79.9. The van der Waals surface area contributed by atoms with Crippen LogP contribution in [0.15, 0.2) is 46.9 Å². The van der Waals surface area contributed by atoms with Crippen LogP contribution in [0.4, 0.5) is 11.4 Å². The molecule has 29 heavy (non-hydrogen) atoms. The van der Waals surface area contributed by atoms with E-state index in [1.807, 2.05) is 52.8 Å². The van der Waals surface area contributed by atoms with Crippen LogP contribution in [0.2, 0.25) is 5.02 Å². The van der Waals surface area contributed by atoms with Gasteiger partial charge >= 0.3 is 0 Å². The zero-order chi connectivity index (χ0) is 20.5. The molecule has 1 saturated heterocycles. The average molecular weight is 476 g/mol.